The smallest absolute Gasteiger partial charge is 0.313 e. The van der Waals surface area contributed by atoms with Gasteiger partial charge in [0.2, 0.25) is 0 Å². The number of rotatable bonds is 5. The Morgan fingerprint density at radius 3 is 2.76 bits per heavy atom. The Labute approximate surface area is 128 Å². The highest BCUT2D eigenvalue weighted by molar-refractivity contribution is 7.98. The molecule has 2 aliphatic rings. The van der Waals surface area contributed by atoms with Gasteiger partial charge in [-0.3, -0.25) is 9.59 Å². The first kappa shape index (κ1) is 14.7. The van der Waals surface area contributed by atoms with E-state index < -0.39 is 5.60 Å². The van der Waals surface area contributed by atoms with Gasteiger partial charge in [-0.1, -0.05) is 12.8 Å². The van der Waals surface area contributed by atoms with Crippen molar-refractivity contribution in [1.82, 2.24) is 0 Å². The van der Waals surface area contributed by atoms with E-state index in [0.29, 0.717) is 18.1 Å². The fourth-order valence-corrected chi connectivity index (χ4v) is 4.66. The molecule has 1 saturated carbocycles. The van der Waals surface area contributed by atoms with Crippen LogP contribution in [0.5, 0.6) is 0 Å². The lowest BCUT2D eigenvalue weighted by Gasteiger charge is -2.40. The second-order valence-corrected chi connectivity index (χ2v) is 6.97. The van der Waals surface area contributed by atoms with Crippen molar-refractivity contribution in [3.63, 3.8) is 0 Å². The first-order chi connectivity index (χ1) is 10.2. The highest BCUT2D eigenvalue weighted by Crippen LogP contribution is 2.43. The van der Waals surface area contributed by atoms with Crippen molar-refractivity contribution in [2.24, 2.45) is 5.92 Å². The number of ketones is 1. The second kappa shape index (κ2) is 6.26. The largest absolute Gasteiger partial charge is 0.468 e. The van der Waals surface area contributed by atoms with E-state index in [-0.39, 0.29) is 18.2 Å². The number of ether oxygens (including phenoxy) is 1. The third kappa shape index (κ3) is 3.34. The molecule has 5 heteroatoms. The number of hydrogen-bond acceptors (Lipinski definition) is 5. The fraction of sp³-hybridized carbons (Fsp3) is 0.625. The molecule has 0 radical (unpaired) electrons. The minimum absolute atomic E-state index is 0.0248. The normalized spacial score (nSPS) is 27.0. The molecule has 1 saturated heterocycles. The van der Waals surface area contributed by atoms with Crippen LogP contribution in [0.3, 0.4) is 0 Å². The topological polar surface area (TPSA) is 56.5 Å². The van der Waals surface area contributed by atoms with Gasteiger partial charge < -0.3 is 9.15 Å². The van der Waals surface area contributed by atoms with E-state index in [2.05, 4.69) is 0 Å². The lowest BCUT2D eigenvalue weighted by atomic mass is 9.81. The molecule has 3 rings (SSSR count). The lowest BCUT2D eigenvalue weighted by Crippen LogP contribution is -2.49. The van der Waals surface area contributed by atoms with Crippen molar-refractivity contribution in [2.75, 3.05) is 5.75 Å². The van der Waals surface area contributed by atoms with E-state index in [1.165, 1.54) is 12.8 Å². The van der Waals surface area contributed by atoms with Gasteiger partial charge in [0.1, 0.15) is 23.6 Å². The van der Waals surface area contributed by atoms with Gasteiger partial charge in [-0.25, -0.2) is 0 Å². The van der Waals surface area contributed by atoms with Crippen molar-refractivity contribution in [3.8, 4) is 0 Å². The summed E-state index contributed by atoms with van der Waals surface area (Å²) in [4.78, 5) is 23.7. The Balaban J connectivity index is 1.69. The van der Waals surface area contributed by atoms with Gasteiger partial charge in [0.15, 0.2) is 0 Å². The van der Waals surface area contributed by atoms with E-state index in [1.807, 2.05) is 12.1 Å². The molecule has 1 atom stereocenters. The molecule has 1 aromatic heterocycles. The van der Waals surface area contributed by atoms with Crippen LogP contribution in [0.25, 0.3) is 0 Å². The molecule has 0 aromatic carbocycles. The van der Waals surface area contributed by atoms with E-state index in [4.69, 9.17) is 9.15 Å². The first-order valence-electron chi connectivity index (χ1n) is 7.52. The van der Waals surface area contributed by atoms with Gasteiger partial charge in [-0.2, -0.15) is 0 Å². The van der Waals surface area contributed by atoms with Gasteiger partial charge >= 0.3 is 5.97 Å². The molecule has 1 unspecified atom stereocenters. The molecular weight excluding hydrogens is 288 g/mol. The molecule has 0 amide bonds. The third-order valence-corrected chi connectivity index (χ3v) is 5.61. The number of carbonyl (C=O) groups is 2. The quantitative estimate of drug-likeness (QED) is 0.617. The Bertz CT molecular complexity index is 486. The Kier molecular flexibility index (Phi) is 4.38. The summed E-state index contributed by atoms with van der Waals surface area (Å²) >= 11 is 1.68. The standard InChI is InChI=1S/C16H20O4S/c17-13-8-15(18)20-16(9-13,12-4-1-2-5-12)11-21-10-14-6-3-7-19-14/h3,6-7,12H,1-2,4-5,8-11H2. The van der Waals surface area contributed by atoms with Crippen LogP contribution in [-0.2, 0) is 20.1 Å². The predicted molar refractivity (Wildman–Crippen MR) is 79.9 cm³/mol. The molecule has 21 heavy (non-hydrogen) atoms. The van der Waals surface area contributed by atoms with E-state index in [1.54, 1.807) is 18.0 Å². The van der Waals surface area contributed by atoms with Crippen LogP contribution in [0.4, 0.5) is 0 Å². The molecule has 114 valence electrons. The molecule has 0 bridgehead atoms. The van der Waals surface area contributed by atoms with E-state index >= 15 is 0 Å². The van der Waals surface area contributed by atoms with Gasteiger partial charge in [0.25, 0.3) is 0 Å². The fourth-order valence-electron chi connectivity index (χ4n) is 3.45. The van der Waals surface area contributed by atoms with Crippen molar-refractivity contribution in [1.29, 1.82) is 0 Å². The van der Waals surface area contributed by atoms with E-state index in [9.17, 15) is 9.59 Å². The summed E-state index contributed by atoms with van der Waals surface area (Å²) in [7, 11) is 0. The number of thioether (sulfide) groups is 1. The maximum atomic E-state index is 11.9. The van der Waals surface area contributed by atoms with Crippen molar-refractivity contribution >= 4 is 23.5 Å². The average molecular weight is 308 g/mol. The first-order valence-corrected chi connectivity index (χ1v) is 8.67. The summed E-state index contributed by atoms with van der Waals surface area (Å²) in [6, 6.07) is 3.81. The number of esters is 1. The van der Waals surface area contributed by atoms with Crippen LogP contribution < -0.4 is 0 Å². The van der Waals surface area contributed by atoms with Gasteiger partial charge in [0.05, 0.1) is 12.0 Å². The van der Waals surface area contributed by atoms with Gasteiger partial charge in [-0.05, 0) is 25.0 Å². The summed E-state index contributed by atoms with van der Waals surface area (Å²) < 4.78 is 11.1. The number of hydrogen-bond donors (Lipinski definition) is 0. The Morgan fingerprint density at radius 2 is 2.10 bits per heavy atom. The summed E-state index contributed by atoms with van der Waals surface area (Å²) in [5.74, 6) is 2.33. The highest BCUT2D eigenvalue weighted by atomic mass is 32.2. The maximum absolute atomic E-state index is 11.9. The van der Waals surface area contributed by atoms with Crippen molar-refractivity contribution < 1.29 is 18.7 Å². The Morgan fingerprint density at radius 1 is 1.29 bits per heavy atom. The number of furan rings is 1. The monoisotopic (exact) mass is 308 g/mol. The second-order valence-electron chi connectivity index (χ2n) is 5.98. The number of carbonyl (C=O) groups excluding carboxylic acids is 2. The van der Waals surface area contributed by atoms with Crippen LogP contribution >= 0.6 is 11.8 Å². The molecule has 4 nitrogen and oxygen atoms in total. The van der Waals surface area contributed by atoms with Crippen LogP contribution in [0.2, 0.25) is 0 Å². The molecule has 1 aliphatic heterocycles. The highest BCUT2D eigenvalue weighted by Gasteiger charge is 2.48. The summed E-state index contributed by atoms with van der Waals surface area (Å²) in [6.45, 7) is 0. The van der Waals surface area contributed by atoms with Gasteiger partial charge in [0, 0.05) is 18.1 Å². The zero-order valence-electron chi connectivity index (χ0n) is 12.0. The van der Waals surface area contributed by atoms with Crippen LogP contribution in [0, 0.1) is 5.92 Å². The number of Topliss-reactive ketones (excluding diaryl/α,β-unsaturated/α-hetero) is 1. The van der Waals surface area contributed by atoms with Crippen LogP contribution in [-0.4, -0.2) is 23.1 Å². The molecular formula is C16H20O4S. The van der Waals surface area contributed by atoms with E-state index in [0.717, 1.165) is 24.4 Å². The molecule has 2 heterocycles. The maximum Gasteiger partial charge on any atom is 0.313 e. The SMILES string of the molecule is O=C1CC(=O)OC(CSCc2ccco2)(C2CCCC2)C1. The average Bonchev–Trinajstić information content (AvgIpc) is 3.11. The number of cyclic esters (lactones) is 1. The minimum Gasteiger partial charge on any atom is -0.468 e. The van der Waals surface area contributed by atoms with Crippen molar-refractivity contribution in [2.45, 2.75) is 49.9 Å². The third-order valence-electron chi connectivity index (χ3n) is 4.42. The molecule has 2 fully saturated rings. The Hall–Kier alpha value is -1.23. The summed E-state index contributed by atoms with van der Waals surface area (Å²) in [6.07, 6.45) is 6.43. The molecule has 0 N–H and O–H groups in total. The summed E-state index contributed by atoms with van der Waals surface area (Å²) in [5, 5.41) is 0. The zero-order valence-corrected chi connectivity index (χ0v) is 12.8. The molecule has 0 spiro atoms. The van der Waals surface area contributed by atoms with Gasteiger partial charge in [-0.15, -0.1) is 11.8 Å². The molecule has 1 aromatic rings. The van der Waals surface area contributed by atoms with Crippen LogP contribution in [0.1, 0.15) is 44.3 Å². The van der Waals surface area contributed by atoms with Crippen molar-refractivity contribution in [3.05, 3.63) is 24.2 Å². The minimum atomic E-state index is -0.583. The predicted octanol–water partition coefficient (Wildman–Crippen LogP) is 3.35. The lowest BCUT2D eigenvalue weighted by molar-refractivity contribution is -0.173. The van der Waals surface area contributed by atoms with Crippen LogP contribution in [0.15, 0.2) is 22.8 Å². The zero-order chi connectivity index (χ0) is 14.7. The summed E-state index contributed by atoms with van der Waals surface area (Å²) in [5.41, 5.74) is -0.583. The molecule has 1 aliphatic carbocycles.